The maximum Gasteiger partial charge on any atom is 0.258 e. The highest BCUT2D eigenvalue weighted by molar-refractivity contribution is 6.08. The van der Waals surface area contributed by atoms with Gasteiger partial charge in [-0.3, -0.25) is 4.79 Å². The quantitative estimate of drug-likeness (QED) is 0.831. The van der Waals surface area contributed by atoms with Crippen LogP contribution < -0.4 is 9.64 Å². The number of carbonyl (C=O) groups excluding carboxylic acids is 1. The van der Waals surface area contributed by atoms with Gasteiger partial charge in [-0.2, -0.15) is 0 Å². The molecule has 0 fully saturated rings. The zero-order chi connectivity index (χ0) is 16.6. The van der Waals surface area contributed by atoms with Crippen molar-refractivity contribution in [3.8, 4) is 5.75 Å². The Morgan fingerprint density at radius 3 is 2.43 bits per heavy atom. The second-order valence-electron chi connectivity index (χ2n) is 6.35. The second-order valence-corrected chi connectivity index (χ2v) is 6.35. The molecule has 0 atom stereocenters. The SMILES string of the molecule is COc1ccc(C)c2c1N(C(=O)c1cc(C)cc(C)c1)CCC2. The molecule has 1 heterocycles. The Kier molecular flexibility index (Phi) is 4.12. The molecule has 0 aromatic heterocycles. The Morgan fingerprint density at radius 1 is 1.09 bits per heavy atom. The van der Waals surface area contributed by atoms with Gasteiger partial charge in [0.2, 0.25) is 0 Å². The number of benzene rings is 2. The first-order valence-electron chi connectivity index (χ1n) is 8.08. The predicted molar refractivity (Wildman–Crippen MR) is 93.6 cm³/mol. The van der Waals surface area contributed by atoms with Crippen LogP contribution in [-0.2, 0) is 6.42 Å². The molecule has 1 amide bonds. The van der Waals surface area contributed by atoms with Crippen molar-refractivity contribution in [2.75, 3.05) is 18.6 Å². The molecule has 1 aliphatic heterocycles. The third kappa shape index (κ3) is 2.83. The van der Waals surface area contributed by atoms with E-state index in [2.05, 4.69) is 19.1 Å². The van der Waals surface area contributed by atoms with Crippen LogP contribution in [-0.4, -0.2) is 19.6 Å². The molecule has 0 saturated heterocycles. The van der Waals surface area contributed by atoms with Crippen LogP contribution in [0, 0.1) is 20.8 Å². The lowest BCUT2D eigenvalue weighted by Gasteiger charge is -2.32. The molecule has 0 bridgehead atoms. The fraction of sp³-hybridized carbons (Fsp3) is 0.350. The van der Waals surface area contributed by atoms with E-state index in [9.17, 15) is 4.79 Å². The molecule has 0 radical (unpaired) electrons. The van der Waals surface area contributed by atoms with Crippen molar-refractivity contribution in [3.05, 3.63) is 58.1 Å². The second kappa shape index (κ2) is 6.07. The van der Waals surface area contributed by atoms with E-state index in [-0.39, 0.29) is 5.91 Å². The summed E-state index contributed by atoms with van der Waals surface area (Å²) in [5.41, 5.74) is 6.37. The molecule has 2 aromatic rings. The Hall–Kier alpha value is -2.29. The van der Waals surface area contributed by atoms with Gasteiger partial charge < -0.3 is 9.64 Å². The average Bonchev–Trinajstić information content (AvgIpc) is 2.53. The van der Waals surface area contributed by atoms with E-state index in [4.69, 9.17) is 4.74 Å². The standard InChI is InChI=1S/C20H23NO2/c1-13-10-14(2)12-16(11-13)20(22)21-9-5-6-17-15(3)7-8-18(23-4)19(17)21/h7-8,10-12H,5-6,9H2,1-4H3. The molecular weight excluding hydrogens is 286 g/mol. The Balaban J connectivity index is 2.09. The number of nitrogens with zero attached hydrogens (tertiary/aromatic N) is 1. The molecule has 3 heteroatoms. The number of carbonyl (C=O) groups is 1. The van der Waals surface area contributed by atoms with Crippen molar-refractivity contribution in [1.29, 1.82) is 0 Å². The van der Waals surface area contributed by atoms with Crippen molar-refractivity contribution in [3.63, 3.8) is 0 Å². The van der Waals surface area contributed by atoms with Crippen LogP contribution in [0.25, 0.3) is 0 Å². The topological polar surface area (TPSA) is 29.5 Å². The highest BCUT2D eigenvalue weighted by atomic mass is 16.5. The van der Waals surface area contributed by atoms with E-state index >= 15 is 0 Å². The van der Waals surface area contributed by atoms with Crippen LogP contribution in [0.15, 0.2) is 30.3 Å². The molecule has 2 aromatic carbocycles. The smallest absolute Gasteiger partial charge is 0.258 e. The third-order valence-corrected chi connectivity index (χ3v) is 4.49. The van der Waals surface area contributed by atoms with E-state index < -0.39 is 0 Å². The third-order valence-electron chi connectivity index (χ3n) is 4.49. The van der Waals surface area contributed by atoms with Crippen LogP contribution in [0.3, 0.4) is 0 Å². The van der Waals surface area contributed by atoms with Gasteiger partial charge in [-0.05, 0) is 62.9 Å². The van der Waals surface area contributed by atoms with E-state index in [1.54, 1.807) is 7.11 Å². The summed E-state index contributed by atoms with van der Waals surface area (Å²) in [6.07, 6.45) is 1.98. The van der Waals surface area contributed by atoms with E-state index in [1.807, 2.05) is 36.9 Å². The number of anilines is 1. The van der Waals surface area contributed by atoms with E-state index in [0.29, 0.717) is 0 Å². The zero-order valence-electron chi connectivity index (χ0n) is 14.3. The fourth-order valence-corrected chi connectivity index (χ4v) is 3.47. The minimum Gasteiger partial charge on any atom is -0.495 e. The molecule has 0 aliphatic carbocycles. The Labute approximate surface area is 137 Å². The zero-order valence-corrected chi connectivity index (χ0v) is 14.3. The normalized spacial score (nSPS) is 13.7. The summed E-state index contributed by atoms with van der Waals surface area (Å²) in [5, 5.41) is 0. The highest BCUT2D eigenvalue weighted by Gasteiger charge is 2.28. The van der Waals surface area contributed by atoms with Crippen molar-refractivity contribution < 1.29 is 9.53 Å². The number of ether oxygens (including phenoxy) is 1. The Morgan fingerprint density at radius 2 is 1.78 bits per heavy atom. The number of hydrogen-bond acceptors (Lipinski definition) is 2. The number of amides is 1. The molecule has 1 aliphatic rings. The van der Waals surface area contributed by atoms with Crippen LogP contribution in [0.5, 0.6) is 5.75 Å². The minimum absolute atomic E-state index is 0.0571. The van der Waals surface area contributed by atoms with Crippen LogP contribution >= 0.6 is 0 Å². The molecule has 0 N–H and O–H groups in total. The van der Waals surface area contributed by atoms with Crippen molar-refractivity contribution in [2.45, 2.75) is 33.6 Å². The summed E-state index contributed by atoms with van der Waals surface area (Å²) in [4.78, 5) is 15.0. The summed E-state index contributed by atoms with van der Waals surface area (Å²) in [5.74, 6) is 0.838. The van der Waals surface area contributed by atoms with Gasteiger partial charge in [-0.15, -0.1) is 0 Å². The number of hydrogen-bond donors (Lipinski definition) is 0. The van der Waals surface area contributed by atoms with Crippen LogP contribution in [0.2, 0.25) is 0 Å². The summed E-state index contributed by atoms with van der Waals surface area (Å²) >= 11 is 0. The number of aryl methyl sites for hydroxylation is 3. The van der Waals surface area contributed by atoms with Gasteiger partial charge in [-0.25, -0.2) is 0 Å². The van der Waals surface area contributed by atoms with Gasteiger partial charge in [0.25, 0.3) is 5.91 Å². The maximum absolute atomic E-state index is 13.1. The molecule has 120 valence electrons. The molecule has 0 unspecified atom stereocenters. The monoisotopic (exact) mass is 309 g/mol. The maximum atomic E-state index is 13.1. The summed E-state index contributed by atoms with van der Waals surface area (Å²) in [6.45, 7) is 6.89. The van der Waals surface area contributed by atoms with Crippen molar-refractivity contribution in [2.24, 2.45) is 0 Å². The Bertz CT molecular complexity index is 744. The molecule has 0 saturated carbocycles. The largest absolute Gasteiger partial charge is 0.495 e. The lowest BCUT2D eigenvalue weighted by molar-refractivity contribution is 0.0984. The lowest BCUT2D eigenvalue weighted by Crippen LogP contribution is -2.36. The van der Waals surface area contributed by atoms with Crippen molar-refractivity contribution >= 4 is 11.6 Å². The minimum atomic E-state index is 0.0571. The first-order valence-corrected chi connectivity index (χ1v) is 8.08. The molecule has 3 nitrogen and oxygen atoms in total. The fourth-order valence-electron chi connectivity index (χ4n) is 3.47. The van der Waals surface area contributed by atoms with Crippen molar-refractivity contribution in [1.82, 2.24) is 0 Å². The highest BCUT2D eigenvalue weighted by Crippen LogP contribution is 2.39. The van der Waals surface area contributed by atoms with Crippen LogP contribution in [0.1, 0.15) is 39.0 Å². The van der Waals surface area contributed by atoms with Gasteiger partial charge in [0.15, 0.2) is 0 Å². The van der Waals surface area contributed by atoms with Crippen LogP contribution in [0.4, 0.5) is 5.69 Å². The molecule has 0 spiro atoms. The lowest BCUT2D eigenvalue weighted by atomic mass is 9.95. The molecule has 23 heavy (non-hydrogen) atoms. The molecular formula is C20H23NO2. The van der Waals surface area contributed by atoms with Gasteiger partial charge >= 0.3 is 0 Å². The average molecular weight is 309 g/mol. The van der Waals surface area contributed by atoms with Gasteiger partial charge in [0.1, 0.15) is 5.75 Å². The van der Waals surface area contributed by atoms with Gasteiger partial charge in [-0.1, -0.05) is 23.3 Å². The van der Waals surface area contributed by atoms with E-state index in [1.165, 1.54) is 11.1 Å². The number of methoxy groups -OCH3 is 1. The molecule has 3 rings (SSSR count). The first kappa shape index (κ1) is 15.6. The number of rotatable bonds is 2. The summed E-state index contributed by atoms with van der Waals surface area (Å²) < 4.78 is 5.54. The summed E-state index contributed by atoms with van der Waals surface area (Å²) in [7, 11) is 1.67. The van der Waals surface area contributed by atoms with Gasteiger partial charge in [0, 0.05) is 12.1 Å². The van der Waals surface area contributed by atoms with Gasteiger partial charge in [0.05, 0.1) is 12.8 Å². The predicted octanol–water partition coefficient (Wildman–Crippen LogP) is 4.21. The number of fused-ring (bicyclic) bond motifs is 1. The first-order chi connectivity index (χ1) is 11.0. The summed E-state index contributed by atoms with van der Waals surface area (Å²) in [6, 6.07) is 10.0. The van der Waals surface area contributed by atoms with E-state index in [0.717, 1.165) is 47.5 Å².